The molecule has 2 aromatic heterocycles. The Hall–Kier alpha value is -2.95. The number of fused-ring (bicyclic) bond motifs is 1. The number of hydrogen-bond acceptors (Lipinski definition) is 4. The number of H-pyrrole nitrogens is 1. The molecule has 4 rings (SSSR count). The van der Waals surface area contributed by atoms with Crippen LogP contribution in [0.4, 0.5) is 0 Å². The summed E-state index contributed by atoms with van der Waals surface area (Å²) in [6.07, 6.45) is 1.32. The third-order valence-corrected chi connectivity index (χ3v) is 3.14. The molecule has 0 spiro atoms. The minimum atomic E-state index is 0.572. The highest BCUT2D eigenvalue weighted by Crippen LogP contribution is 2.24. The molecule has 0 aliphatic heterocycles. The number of nitrogens with zero attached hydrogens (tertiary/aromatic N) is 3. The lowest BCUT2D eigenvalue weighted by Crippen LogP contribution is -1.84. The van der Waals surface area contributed by atoms with Crippen LogP contribution in [0, 0.1) is 0 Å². The molecule has 0 saturated carbocycles. The van der Waals surface area contributed by atoms with Gasteiger partial charge in [0.2, 0.25) is 12.2 Å². The van der Waals surface area contributed by atoms with Gasteiger partial charge in [-0.05, 0) is 18.2 Å². The molecule has 0 bridgehead atoms. The summed E-state index contributed by atoms with van der Waals surface area (Å²) >= 11 is 0. The van der Waals surface area contributed by atoms with E-state index in [0.29, 0.717) is 5.82 Å². The highest BCUT2D eigenvalue weighted by atomic mass is 16.5. The van der Waals surface area contributed by atoms with E-state index in [1.807, 2.05) is 48.5 Å². The molecule has 5 nitrogen and oxygen atoms in total. The number of rotatable bonds is 2. The summed E-state index contributed by atoms with van der Waals surface area (Å²) in [5, 5.41) is 3.85. The summed E-state index contributed by atoms with van der Waals surface area (Å²) in [6, 6.07) is 15.8. The lowest BCUT2D eigenvalue weighted by atomic mass is 10.1. The fourth-order valence-corrected chi connectivity index (χ4v) is 2.19. The van der Waals surface area contributed by atoms with Gasteiger partial charge >= 0.3 is 0 Å². The van der Waals surface area contributed by atoms with Gasteiger partial charge in [-0.25, -0.2) is 4.98 Å². The van der Waals surface area contributed by atoms with Crippen molar-refractivity contribution in [1.82, 2.24) is 20.1 Å². The van der Waals surface area contributed by atoms with E-state index in [1.54, 1.807) is 0 Å². The quantitative estimate of drug-likeness (QED) is 0.602. The molecule has 0 radical (unpaired) electrons. The first-order chi connectivity index (χ1) is 9.90. The molecule has 4 aromatic rings. The van der Waals surface area contributed by atoms with Gasteiger partial charge in [-0.3, -0.25) is 0 Å². The van der Waals surface area contributed by atoms with Crippen LogP contribution < -0.4 is 0 Å². The molecule has 0 saturated heterocycles. The summed E-state index contributed by atoms with van der Waals surface area (Å²) in [7, 11) is 0. The summed E-state index contributed by atoms with van der Waals surface area (Å²) in [6.45, 7) is 0. The van der Waals surface area contributed by atoms with Crippen molar-refractivity contribution in [3.05, 3.63) is 54.9 Å². The number of imidazole rings is 1. The van der Waals surface area contributed by atoms with Gasteiger partial charge in [0.1, 0.15) is 5.82 Å². The molecule has 0 atom stereocenters. The number of hydrogen-bond donors (Lipinski definition) is 1. The Morgan fingerprint density at radius 3 is 2.70 bits per heavy atom. The Morgan fingerprint density at radius 2 is 1.85 bits per heavy atom. The molecule has 0 fully saturated rings. The molecule has 2 heterocycles. The Bertz CT molecular complexity index is 831. The van der Waals surface area contributed by atoms with Crippen LogP contribution in [0.25, 0.3) is 33.8 Å². The standard InChI is InChI=1S/C15H10N4O/c1-2-7-13-12(6-1)17-15(18-13)11-5-3-4-10(8-11)14-16-9-20-19-14/h1-9H,(H,17,18). The average molecular weight is 262 g/mol. The fourth-order valence-electron chi connectivity index (χ4n) is 2.19. The van der Waals surface area contributed by atoms with Gasteiger partial charge in [-0.15, -0.1) is 0 Å². The van der Waals surface area contributed by atoms with Crippen LogP contribution in [0.5, 0.6) is 0 Å². The van der Waals surface area contributed by atoms with Crippen molar-refractivity contribution in [2.45, 2.75) is 0 Å². The van der Waals surface area contributed by atoms with E-state index in [-0.39, 0.29) is 0 Å². The first-order valence-corrected chi connectivity index (χ1v) is 6.22. The monoisotopic (exact) mass is 262 g/mol. The molecule has 1 N–H and O–H groups in total. The molecule has 96 valence electrons. The van der Waals surface area contributed by atoms with E-state index in [2.05, 4.69) is 20.1 Å². The van der Waals surface area contributed by atoms with Crippen molar-refractivity contribution in [1.29, 1.82) is 0 Å². The Morgan fingerprint density at radius 1 is 0.950 bits per heavy atom. The smallest absolute Gasteiger partial charge is 0.214 e. The van der Waals surface area contributed by atoms with Gasteiger partial charge in [0, 0.05) is 11.1 Å². The van der Waals surface area contributed by atoms with Crippen LogP contribution in [0.3, 0.4) is 0 Å². The van der Waals surface area contributed by atoms with Crippen molar-refractivity contribution < 1.29 is 4.52 Å². The first kappa shape index (κ1) is 10.9. The van der Waals surface area contributed by atoms with Crippen LogP contribution in [-0.2, 0) is 0 Å². The number of para-hydroxylation sites is 2. The topological polar surface area (TPSA) is 67.6 Å². The average Bonchev–Trinajstić information content (AvgIpc) is 3.16. The van der Waals surface area contributed by atoms with E-state index < -0.39 is 0 Å². The highest BCUT2D eigenvalue weighted by molar-refractivity contribution is 5.80. The number of benzene rings is 2. The van der Waals surface area contributed by atoms with Crippen molar-refractivity contribution in [2.75, 3.05) is 0 Å². The predicted molar refractivity (Wildman–Crippen MR) is 74.8 cm³/mol. The van der Waals surface area contributed by atoms with Crippen molar-refractivity contribution in [3.8, 4) is 22.8 Å². The maximum absolute atomic E-state index is 4.78. The van der Waals surface area contributed by atoms with Gasteiger partial charge in [0.05, 0.1) is 11.0 Å². The normalized spacial score (nSPS) is 11.0. The van der Waals surface area contributed by atoms with Gasteiger partial charge in [0.25, 0.3) is 0 Å². The lowest BCUT2D eigenvalue weighted by molar-refractivity contribution is 0.419. The van der Waals surface area contributed by atoms with Crippen molar-refractivity contribution in [2.24, 2.45) is 0 Å². The molecule has 2 aromatic carbocycles. The molecule has 20 heavy (non-hydrogen) atoms. The van der Waals surface area contributed by atoms with Crippen LogP contribution in [0.1, 0.15) is 0 Å². The molecular weight excluding hydrogens is 252 g/mol. The van der Waals surface area contributed by atoms with Gasteiger partial charge in [-0.2, -0.15) is 4.98 Å². The Balaban J connectivity index is 1.84. The molecular formula is C15H10N4O. The summed E-state index contributed by atoms with van der Waals surface area (Å²) < 4.78 is 4.78. The zero-order valence-electron chi connectivity index (χ0n) is 10.4. The minimum absolute atomic E-state index is 0.572. The first-order valence-electron chi connectivity index (χ1n) is 6.22. The van der Waals surface area contributed by atoms with Crippen LogP contribution in [0.2, 0.25) is 0 Å². The lowest BCUT2D eigenvalue weighted by Gasteiger charge is -1.99. The van der Waals surface area contributed by atoms with Crippen LogP contribution in [-0.4, -0.2) is 20.1 Å². The molecule has 0 unspecified atom stereocenters. The van der Waals surface area contributed by atoms with E-state index in [9.17, 15) is 0 Å². The van der Waals surface area contributed by atoms with E-state index in [0.717, 1.165) is 28.0 Å². The number of aromatic nitrogens is 4. The van der Waals surface area contributed by atoms with Gasteiger partial charge in [-0.1, -0.05) is 35.5 Å². The molecule has 5 heteroatoms. The zero-order valence-corrected chi connectivity index (χ0v) is 10.4. The van der Waals surface area contributed by atoms with Gasteiger partial charge in [0.15, 0.2) is 0 Å². The highest BCUT2D eigenvalue weighted by Gasteiger charge is 2.08. The summed E-state index contributed by atoms with van der Waals surface area (Å²) in [5.41, 5.74) is 3.86. The Labute approximate surface area is 114 Å². The second-order valence-corrected chi connectivity index (χ2v) is 4.44. The summed E-state index contributed by atoms with van der Waals surface area (Å²) in [5.74, 6) is 1.40. The summed E-state index contributed by atoms with van der Waals surface area (Å²) in [4.78, 5) is 12.0. The fraction of sp³-hybridized carbons (Fsp3) is 0. The van der Waals surface area contributed by atoms with Crippen molar-refractivity contribution >= 4 is 11.0 Å². The van der Waals surface area contributed by atoms with Crippen LogP contribution >= 0.6 is 0 Å². The maximum atomic E-state index is 4.78. The number of aromatic amines is 1. The molecule has 0 amide bonds. The third kappa shape index (κ3) is 1.76. The molecule has 0 aliphatic carbocycles. The largest absolute Gasteiger partial charge is 0.342 e. The maximum Gasteiger partial charge on any atom is 0.214 e. The van der Waals surface area contributed by atoms with E-state index in [4.69, 9.17) is 4.52 Å². The second-order valence-electron chi connectivity index (χ2n) is 4.44. The zero-order chi connectivity index (χ0) is 13.4. The molecule has 0 aliphatic rings. The number of nitrogens with one attached hydrogen (secondary N) is 1. The Kier molecular flexibility index (Phi) is 2.35. The van der Waals surface area contributed by atoms with E-state index in [1.165, 1.54) is 6.39 Å². The van der Waals surface area contributed by atoms with Crippen molar-refractivity contribution in [3.63, 3.8) is 0 Å². The SMILES string of the molecule is c1cc(-c2ncon2)cc(-c2nc3ccccc3[nH]2)c1. The van der Waals surface area contributed by atoms with Crippen LogP contribution in [0.15, 0.2) is 59.4 Å². The minimum Gasteiger partial charge on any atom is -0.342 e. The third-order valence-electron chi connectivity index (χ3n) is 3.14. The second kappa shape index (κ2) is 4.31. The van der Waals surface area contributed by atoms with E-state index >= 15 is 0 Å². The predicted octanol–water partition coefficient (Wildman–Crippen LogP) is 3.28. The van der Waals surface area contributed by atoms with Gasteiger partial charge < -0.3 is 9.51 Å².